The topological polar surface area (TPSA) is 76.7 Å². The molecule has 1 saturated carbocycles. The molecule has 0 spiro atoms. The predicted molar refractivity (Wildman–Crippen MR) is 132 cm³/mol. The first kappa shape index (κ1) is 25.0. The highest BCUT2D eigenvalue weighted by molar-refractivity contribution is 8.00. The van der Waals surface area contributed by atoms with Crippen LogP contribution in [-0.4, -0.2) is 44.4 Å². The van der Waals surface area contributed by atoms with Crippen molar-refractivity contribution >= 4 is 23.6 Å². The lowest BCUT2D eigenvalue weighted by Gasteiger charge is -2.29. The number of thioether (sulfide) groups is 1. The second kappa shape index (κ2) is 12.5. The highest BCUT2D eigenvalue weighted by Gasteiger charge is 2.24. The van der Waals surface area contributed by atoms with Crippen LogP contribution in [0.2, 0.25) is 0 Å². The molecule has 0 radical (unpaired) electrons. The van der Waals surface area contributed by atoms with Crippen LogP contribution < -0.4 is 20.1 Å². The number of rotatable bonds is 10. The van der Waals surface area contributed by atoms with E-state index in [0.29, 0.717) is 35.9 Å². The van der Waals surface area contributed by atoms with Gasteiger partial charge >= 0.3 is 0 Å². The quantitative estimate of drug-likeness (QED) is 0.501. The molecule has 0 heterocycles. The zero-order valence-electron chi connectivity index (χ0n) is 19.7. The molecule has 0 bridgehead atoms. The Bertz CT molecular complexity index is 950. The zero-order chi connectivity index (χ0) is 23.6. The number of carbonyl (C=O) groups excluding carboxylic acids is 2. The molecule has 0 aliphatic heterocycles. The second-order valence-electron chi connectivity index (χ2n) is 8.42. The minimum absolute atomic E-state index is 0.0503. The van der Waals surface area contributed by atoms with Gasteiger partial charge in [-0.15, -0.1) is 11.8 Å². The molecule has 0 unspecified atom stereocenters. The van der Waals surface area contributed by atoms with Crippen molar-refractivity contribution in [2.75, 3.05) is 26.5 Å². The van der Waals surface area contributed by atoms with Crippen LogP contribution in [0.5, 0.6) is 11.5 Å². The maximum Gasteiger partial charge on any atom is 0.252 e. The molecule has 1 aliphatic carbocycles. The van der Waals surface area contributed by atoms with E-state index in [1.54, 1.807) is 14.2 Å². The molecule has 3 rings (SSSR count). The van der Waals surface area contributed by atoms with Crippen LogP contribution in [0.4, 0.5) is 0 Å². The van der Waals surface area contributed by atoms with E-state index in [1.807, 2.05) is 42.5 Å². The van der Waals surface area contributed by atoms with Crippen molar-refractivity contribution in [2.45, 2.75) is 50.0 Å². The number of ether oxygens (including phenoxy) is 2. The molecule has 178 valence electrons. The van der Waals surface area contributed by atoms with Crippen molar-refractivity contribution in [1.29, 1.82) is 0 Å². The molecule has 0 aromatic heterocycles. The molecular formula is C26H34N2O4S. The molecule has 2 amide bonds. The summed E-state index contributed by atoms with van der Waals surface area (Å²) >= 11 is 1.39. The first-order valence-corrected chi connectivity index (χ1v) is 12.5. The third-order valence-electron chi connectivity index (χ3n) is 6.10. The fourth-order valence-corrected chi connectivity index (χ4v) is 5.01. The van der Waals surface area contributed by atoms with Crippen molar-refractivity contribution in [3.05, 3.63) is 53.6 Å². The van der Waals surface area contributed by atoms with Crippen LogP contribution in [0.15, 0.2) is 47.4 Å². The highest BCUT2D eigenvalue weighted by atomic mass is 32.2. The van der Waals surface area contributed by atoms with Gasteiger partial charge in [-0.25, -0.2) is 0 Å². The van der Waals surface area contributed by atoms with E-state index in [2.05, 4.69) is 17.6 Å². The van der Waals surface area contributed by atoms with E-state index in [4.69, 9.17) is 9.47 Å². The van der Waals surface area contributed by atoms with Crippen LogP contribution in [0.25, 0.3) is 0 Å². The third-order valence-corrected chi connectivity index (χ3v) is 7.18. The summed E-state index contributed by atoms with van der Waals surface area (Å²) in [5.74, 6) is 2.01. The molecule has 2 aromatic rings. The lowest BCUT2D eigenvalue weighted by molar-refractivity contribution is -0.118. The third kappa shape index (κ3) is 7.16. The monoisotopic (exact) mass is 470 g/mol. The van der Waals surface area contributed by atoms with Gasteiger partial charge in [0.25, 0.3) is 5.91 Å². The van der Waals surface area contributed by atoms with E-state index in [-0.39, 0.29) is 23.6 Å². The first-order chi connectivity index (χ1) is 16.0. The average Bonchev–Trinajstić information content (AvgIpc) is 2.84. The number of carbonyl (C=O) groups is 2. The van der Waals surface area contributed by atoms with Gasteiger partial charge in [-0.3, -0.25) is 9.59 Å². The molecule has 1 aliphatic rings. The van der Waals surface area contributed by atoms with Gasteiger partial charge in [-0.05, 0) is 55.0 Å². The van der Waals surface area contributed by atoms with Crippen molar-refractivity contribution < 1.29 is 19.1 Å². The molecule has 2 aromatic carbocycles. The van der Waals surface area contributed by atoms with Crippen LogP contribution >= 0.6 is 11.8 Å². The van der Waals surface area contributed by atoms with Crippen molar-refractivity contribution in [3.63, 3.8) is 0 Å². The lowest BCUT2D eigenvalue weighted by atomic mass is 9.86. The van der Waals surface area contributed by atoms with Gasteiger partial charge in [0.05, 0.1) is 25.5 Å². The van der Waals surface area contributed by atoms with Crippen LogP contribution in [-0.2, 0) is 11.2 Å². The summed E-state index contributed by atoms with van der Waals surface area (Å²) in [6, 6.07) is 13.5. The molecule has 2 atom stereocenters. The van der Waals surface area contributed by atoms with Gasteiger partial charge in [-0.2, -0.15) is 0 Å². The first-order valence-electron chi connectivity index (χ1n) is 11.5. The number of amides is 2. The minimum atomic E-state index is -0.0587. The Kier molecular flexibility index (Phi) is 9.48. The van der Waals surface area contributed by atoms with Crippen molar-refractivity contribution in [3.8, 4) is 11.5 Å². The average molecular weight is 471 g/mol. The summed E-state index contributed by atoms with van der Waals surface area (Å²) in [7, 11) is 3.21. The van der Waals surface area contributed by atoms with Gasteiger partial charge in [0.1, 0.15) is 0 Å². The highest BCUT2D eigenvalue weighted by Crippen LogP contribution is 2.28. The van der Waals surface area contributed by atoms with Crippen LogP contribution in [0.1, 0.15) is 48.5 Å². The Hall–Kier alpha value is -2.67. The normalized spacial score (nSPS) is 17.8. The smallest absolute Gasteiger partial charge is 0.252 e. The number of nitrogens with one attached hydrogen (secondary N) is 2. The fraction of sp³-hybridized carbons (Fsp3) is 0.462. The molecule has 6 nitrogen and oxygen atoms in total. The summed E-state index contributed by atoms with van der Waals surface area (Å²) < 4.78 is 10.6. The fourth-order valence-electron chi connectivity index (χ4n) is 4.13. The summed E-state index contributed by atoms with van der Waals surface area (Å²) in [6.07, 6.45) is 5.28. The SMILES string of the molecule is COc1ccc(CCNC(=O)CSc2ccccc2C(=O)N[C@@H]2CCCC[C@@H]2C)cc1OC. The number of methoxy groups -OCH3 is 2. The Morgan fingerprint density at radius 1 is 1.03 bits per heavy atom. The molecule has 0 saturated heterocycles. The maximum atomic E-state index is 12.9. The maximum absolute atomic E-state index is 12.9. The van der Waals surface area contributed by atoms with Crippen molar-refractivity contribution in [2.24, 2.45) is 5.92 Å². The molecular weight excluding hydrogens is 436 g/mol. The van der Waals surface area contributed by atoms with Gasteiger partial charge in [0, 0.05) is 17.5 Å². The predicted octanol–water partition coefficient (Wildman–Crippen LogP) is 4.46. The van der Waals surface area contributed by atoms with E-state index in [0.717, 1.165) is 29.7 Å². The largest absolute Gasteiger partial charge is 0.493 e. The number of hydrogen-bond acceptors (Lipinski definition) is 5. The van der Waals surface area contributed by atoms with Crippen LogP contribution in [0.3, 0.4) is 0 Å². The Morgan fingerprint density at radius 2 is 1.79 bits per heavy atom. The molecule has 1 fully saturated rings. The van der Waals surface area contributed by atoms with E-state index in [1.165, 1.54) is 18.2 Å². The minimum Gasteiger partial charge on any atom is -0.493 e. The number of benzene rings is 2. The van der Waals surface area contributed by atoms with E-state index in [9.17, 15) is 9.59 Å². The molecule has 33 heavy (non-hydrogen) atoms. The molecule has 7 heteroatoms. The van der Waals surface area contributed by atoms with Gasteiger partial charge in [0.15, 0.2) is 11.5 Å². The summed E-state index contributed by atoms with van der Waals surface area (Å²) in [4.78, 5) is 26.1. The summed E-state index contributed by atoms with van der Waals surface area (Å²) in [5.41, 5.74) is 1.69. The lowest BCUT2D eigenvalue weighted by Crippen LogP contribution is -2.41. The second-order valence-corrected chi connectivity index (χ2v) is 9.43. The summed E-state index contributed by atoms with van der Waals surface area (Å²) in [5, 5.41) is 6.17. The Balaban J connectivity index is 1.49. The number of hydrogen-bond donors (Lipinski definition) is 2. The summed E-state index contributed by atoms with van der Waals surface area (Å²) in [6.45, 7) is 2.73. The molecule has 2 N–H and O–H groups in total. The Labute approximate surface area is 200 Å². The standard InChI is InChI=1S/C26H34N2O4S/c1-18-8-4-6-10-21(18)28-26(30)20-9-5-7-11-24(20)33-17-25(29)27-15-14-19-12-13-22(31-2)23(16-19)32-3/h5,7,9,11-13,16,18,21H,4,6,8,10,14-15,17H2,1-3H3,(H,27,29)(H,28,30)/t18-,21+/m0/s1. The van der Waals surface area contributed by atoms with Gasteiger partial charge < -0.3 is 20.1 Å². The van der Waals surface area contributed by atoms with E-state index >= 15 is 0 Å². The van der Waals surface area contributed by atoms with E-state index < -0.39 is 0 Å². The van der Waals surface area contributed by atoms with Crippen LogP contribution in [0, 0.1) is 5.92 Å². The Morgan fingerprint density at radius 3 is 2.55 bits per heavy atom. The van der Waals surface area contributed by atoms with Gasteiger partial charge in [-0.1, -0.05) is 38.0 Å². The van der Waals surface area contributed by atoms with Crippen molar-refractivity contribution in [1.82, 2.24) is 10.6 Å². The zero-order valence-corrected chi connectivity index (χ0v) is 20.5. The van der Waals surface area contributed by atoms with Gasteiger partial charge in [0.2, 0.25) is 5.91 Å².